The van der Waals surface area contributed by atoms with E-state index in [1.165, 1.54) is 18.3 Å². The zero-order chi connectivity index (χ0) is 19.8. The lowest BCUT2D eigenvalue weighted by Crippen LogP contribution is -2.35. The predicted octanol–water partition coefficient (Wildman–Crippen LogP) is 2.76. The van der Waals surface area contributed by atoms with E-state index >= 15 is 0 Å². The number of hydrogen-bond acceptors (Lipinski definition) is 6. The van der Waals surface area contributed by atoms with Crippen molar-refractivity contribution in [2.45, 2.75) is 26.9 Å². The van der Waals surface area contributed by atoms with E-state index in [2.05, 4.69) is 10.6 Å². The van der Waals surface area contributed by atoms with Gasteiger partial charge in [-0.15, -0.1) is 11.3 Å². The van der Waals surface area contributed by atoms with Gasteiger partial charge in [0.25, 0.3) is 11.8 Å². The Balaban J connectivity index is 1.77. The maximum atomic E-state index is 12.1. The van der Waals surface area contributed by atoms with Crippen molar-refractivity contribution in [3.8, 4) is 5.75 Å². The molecule has 2 amide bonds. The standard InChI is InChI=1S/C19H22N2O5S/c1-4-25-15-8-6-14(7-9-15)21-18(23)13(3)26-17(22)11-20-19(24)16-10-5-12(2)27-16/h5-10,13H,4,11H2,1-3H3,(H,20,24)(H,21,23). The number of thiophene rings is 1. The molecular weight excluding hydrogens is 368 g/mol. The third kappa shape index (κ3) is 6.41. The lowest BCUT2D eigenvalue weighted by Gasteiger charge is -2.14. The van der Waals surface area contributed by atoms with Crippen molar-refractivity contribution in [2.24, 2.45) is 0 Å². The van der Waals surface area contributed by atoms with Crippen LogP contribution in [0.4, 0.5) is 5.69 Å². The van der Waals surface area contributed by atoms with Crippen molar-refractivity contribution in [3.63, 3.8) is 0 Å². The molecule has 0 aliphatic heterocycles. The van der Waals surface area contributed by atoms with Gasteiger partial charge in [-0.25, -0.2) is 0 Å². The molecule has 0 saturated carbocycles. The number of esters is 1. The van der Waals surface area contributed by atoms with Gasteiger partial charge in [-0.1, -0.05) is 0 Å². The zero-order valence-corrected chi connectivity index (χ0v) is 16.2. The number of carbonyl (C=O) groups is 3. The first kappa shape index (κ1) is 20.4. The number of benzene rings is 1. The van der Waals surface area contributed by atoms with E-state index < -0.39 is 18.0 Å². The minimum absolute atomic E-state index is 0.309. The van der Waals surface area contributed by atoms with Gasteiger partial charge in [0.1, 0.15) is 12.3 Å². The molecule has 0 saturated heterocycles. The molecule has 144 valence electrons. The third-order valence-electron chi connectivity index (χ3n) is 3.47. The highest BCUT2D eigenvalue weighted by atomic mass is 32.1. The Bertz CT molecular complexity index is 801. The minimum atomic E-state index is -0.995. The summed E-state index contributed by atoms with van der Waals surface area (Å²) in [4.78, 5) is 37.4. The maximum absolute atomic E-state index is 12.1. The van der Waals surface area contributed by atoms with Gasteiger partial charge in [0.15, 0.2) is 6.10 Å². The summed E-state index contributed by atoms with van der Waals surface area (Å²) in [6.07, 6.45) is -0.995. The zero-order valence-electron chi connectivity index (χ0n) is 15.4. The predicted molar refractivity (Wildman–Crippen MR) is 103 cm³/mol. The fourth-order valence-corrected chi connectivity index (χ4v) is 2.92. The number of nitrogens with one attached hydrogen (secondary N) is 2. The van der Waals surface area contributed by atoms with Crippen LogP contribution in [0.5, 0.6) is 5.75 Å². The van der Waals surface area contributed by atoms with Crippen molar-refractivity contribution < 1.29 is 23.9 Å². The summed E-state index contributed by atoms with van der Waals surface area (Å²) < 4.78 is 10.4. The van der Waals surface area contributed by atoms with Crippen molar-refractivity contribution in [3.05, 3.63) is 46.2 Å². The van der Waals surface area contributed by atoms with Gasteiger partial charge in [-0.2, -0.15) is 0 Å². The smallest absolute Gasteiger partial charge is 0.326 e. The van der Waals surface area contributed by atoms with Crippen LogP contribution in [0.25, 0.3) is 0 Å². The van der Waals surface area contributed by atoms with Gasteiger partial charge >= 0.3 is 5.97 Å². The molecule has 1 heterocycles. The van der Waals surface area contributed by atoms with Gasteiger partial charge in [0, 0.05) is 10.6 Å². The second-order valence-corrected chi connectivity index (χ2v) is 6.96. The molecule has 7 nitrogen and oxygen atoms in total. The lowest BCUT2D eigenvalue weighted by atomic mass is 10.3. The Labute approximate surface area is 161 Å². The number of ether oxygens (including phenoxy) is 2. The number of anilines is 1. The lowest BCUT2D eigenvalue weighted by molar-refractivity contribution is -0.152. The van der Waals surface area contributed by atoms with Gasteiger partial charge in [-0.3, -0.25) is 14.4 Å². The summed E-state index contributed by atoms with van der Waals surface area (Å²) in [6, 6.07) is 10.4. The molecule has 2 aromatic rings. The van der Waals surface area contributed by atoms with E-state index in [9.17, 15) is 14.4 Å². The van der Waals surface area contributed by atoms with Crippen molar-refractivity contribution in [2.75, 3.05) is 18.5 Å². The number of aryl methyl sites for hydroxylation is 1. The van der Waals surface area contributed by atoms with Crippen molar-refractivity contribution in [1.29, 1.82) is 0 Å². The van der Waals surface area contributed by atoms with Crippen molar-refractivity contribution >= 4 is 34.8 Å². The van der Waals surface area contributed by atoms with Crippen LogP contribution in [-0.4, -0.2) is 37.0 Å². The van der Waals surface area contributed by atoms with Crippen LogP contribution in [0.3, 0.4) is 0 Å². The Morgan fingerprint density at radius 3 is 2.41 bits per heavy atom. The van der Waals surface area contributed by atoms with Crippen LogP contribution in [0.1, 0.15) is 28.4 Å². The van der Waals surface area contributed by atoms with E-state index in [1.807, 2.05) is 19.9 Å². The molecule has 2 N–H and O–H groups in total. The molecule has 1 atom stereocenters. The first-order chi connectivity index (χ1) is 12.9. The Morgan fingerprint density at radius 1 is 1.11 bits per heavy atom. The van der Waals surface area contributed by atoms with Crippen LogP contribution < -0.4 is 15.4 Å². The summed E-state index contributed by atoms with van der Waals surface area (Å²) in [7, 11) is 0. The Kier molecular flexibility index (Phi) is 7.36. The molecule has 0 spiro atoms. The minimum Gasteiger partial charge on any atom is -0.494 e. The summed E-state index contributed by atoms with van der Waals surface area (Å²) in [5.74, 6) is -0.804. The number of hydrogen-bond donors (Lipinski definition) is 2. The summed E-state index contributed by atoms with van der Waals surface area (Å²) in [5.41, 5.74) is 0.563. The highest BCUT2D eigenvalue weighted by Gasteiger charge is 2.19. The van der Waals surface area contributed by atoms with Crippen LogP contribution >= 0.6 is 11.3 Å². The second kappa shape index (κ2) is 9.72. The molecule has 27 heavy (non-hydrogen) atoms. The van der Waals surface area contributed by atoms with Gasteiger partial charge in [0.05, 0.1) is 11.5 Å². The molecule has 0 aliphatic carbocycles. The molecular formula is C19H22N2O5S. The number of carbonyl (C=O) groups excluding carboxylic acids is 3. The van der Waals surface area contributed by atoms with Crippen LogP contribution in [0, 0.1) is 6.92 Å². The summed E-state index contributed by atoms with van der Waals surface area (Å²) >= 11 is 1.33. The Morgan fingerprint density at radius 2 is 1.81 bits per heavy atom. The fraction of sp³-hybridized carbons (Fsp3) is 0.316. The molecule has 8 heteroatoms. The first-order valence-corrected chi connectivity index (χ1v) is 9.28. The molecule has 0 bridgehead atoms. The van der Waals surface area contributed by atoms with E-state index in [0.29, 0.717) is 22.9 Å². The second-order valence-electron chi connectivity index (χ2n) is 5.67. The topological polar surface area (TPSA) is 93.7 Å². The van der Waals surface area contributed by atoms with E-state index in [4.69, 9.17) is 9.47 Å². The number of rotatable bonds is 8. The largest absolute Gasteiger partial charge is 0.494 e. The normalized spacial score (nSPS) is 11.4. The Hall–Kier alpha value is -2.87. The fourth-order valence-electron chi connectivity index (χ4n) is 2.13. The molecule has 0 aliphatic rings. The van der Waals surface area contributed by atoms with Crippen LogP contribution in [-0.2, 0) is 14.3 Å². The molecule has 0 fully saturated rings. The highest BCUT2D eigenvalue weighted by molar-refractivity contribution is 7.13. The van der Waals surface area contributed by atoms with E-state index in [-0.39, 0.29) is 12.5 Å². The van der Waals surface area contributed by atoms with E-state index in [0.717, 1.165) is 4.88 Å². The van der Waals surface area contributed by atoms with Crippen LogP contribution in [0.15, 0.2) is 36.4 Å². The molecule has 1 aromatic heterocycles. The molecule has 1 unspecified atom stereocenters. The average molecular weight is 390 g/mol. The summed E-state index contributed by atoms with van der Waals surface area (Å²) in [5, 5.41) is 5.13. The molecule has 0 radical (unpaired) electrons. The van der Waals surface area contributed by atoms with Gasteiger partial charge in [-0.05, 0) is 57.2 Å². The quantitative estimate of drug-likeness (QED) is 0.676. The van der Waals surface area contributed by atoms with E-state index in [1.54, 1.807) is 30.3 Å². The van der Waals surface area contributed by atoms with Gasteiger partial charge < -0.3 is 20.1 Å². The molecule has 1 aromatic carbocycles. The monoisotopic (exact) mass is 390 g/mol. The summed E-state index contributed by atoms with van der Waals surface area (Å²) in [6.45, 7) is 5.49. The van der Waals surface area contributed by atoms with Gasteiger partial charge in [0.2, 0.25) is 0 Å². The van der Waals surface area contributed by atoms with Crippen LogP contribution in [0.2, 0.25) is 0 Å². The third-order valence-corrected chi connectivity index (χ3v) is 4.47. The highest BCUT2D eigenvalue weighted by Crippen LogP contribution is 2.16. The molecule has 2 rings (SSSR count). The average Bonchev–Trinajstić information content (AvgIpc) is 3.08. The maximum Gasteiger partial charge on any atom is 0.326 e. The first-order valence-electron chi connectivity index (χ1n) is 8.47. The van der Waals surface area contributed by atoms with Crippen molar-refractivity contribution in [1.82, 2.24) is 5.32 Å². The number of amides is 2. The SMILES string of the molecule is CCOc1ccc(NC(=O)C(C)OC(=O)CNC(=O)c2ccc(C)s2)cc1.